The number of fused-ring (bicyclic) bond motifs is 1. The van der Waals surface area contributed by atoms with E-state index in [1.807, 2.05) is 6.07 Å². The molecular formula is C11H9ClN2O2. The average molecular weight is 237 g/mol. The summed E-state index contributed by atoms with van der Waals surface area (Å²) in [7, 11) is 1.34. The molecule has 2 aromatic rings. The lowest BCUT2D eigenvalue weighted by Gasteiger charge is -2.05. The number of hydrogen-bond acceptors (Lipinski definition) is 4. The average Bonchev–Trinajstić information content (AvgIpc) is 2.29. The summed E-state index contributed by atoms with van der Waals surface area (Å²) in [6, 6.07) is 5.37. The smallest absolute Gasteiger partial charge is 0.311 e. The van der Waals surface area contributed by atoms with E-state index >= 15 is 0 Å². The van der Waals surface area contributed by atoms with Gasteiger partial charge in [-0.25, -0.2) is 9.97 Å². The van der Waals surface area contributed by atoms with Crippen molar-refractivity contribution in [3.8, 4) is 0 Å². The zero-order valence-corrected chi connectivity index (χ0v) is 9.36. The Morgan fingerprint density at radius 2 is 2.25 bits per heavy atom. The Balaban J connectivity index is 2.56. The molecule has 0 amide bonds. The van der Waals surface area contributed by atoms with Gasteiger partial charge in [-0.3, -0.25) is 4.79 Å². The number of carbonyl (C=O) groups excluding carboxylic acids is 1. The standard InChI is InChI=1S/C11H9ClN2O2/c1-16-10(15)5-9-11-7(12)3-2-4-8(11)13-6-14-9/h2-4,6H,5H2,1H3. The van der Waals surface area contributed by atoms with Gasteiger partial charge in [0.15, 0.2) is 0 Å². The SMILES string of the molecule is COC(=O)Cc1ncnc2cccc(Cl)c12. The zero-order valence-electron chi connectivity index (χ0n) is 8.61. The molecule has 0 saturated carbocycles. The highest BCUT2D eigenvalue weighted by atomic mass is 35.5. The zero-order chi connectivity index (χ0) is 11.5. The highest BCUT2D eigenvalue weighted by Gasteiger charge is 2.11. The molecule has 4 nitrogen and oxygen atoms in total. The normalized spacial score (nSPS) is 10.4. The van der Waals surface area contributed by atoms with Crippen molar-refractivity contribution in [2.24, 2.45) is 0 Å². The first kappa shape index (κ1) is 10.8. The van der Waals surface area contributed by atoms with Gasteiger partial charge in [0.1, 0.15) is 6.33 Å². The van der Waals surface area contributed by atoms with Crippen LogP contribution in [0.3, 0.4) is 0 Å². The third kappa shape index (κ3) is 1.97. The molecule has 0 unspecified atom stereocenters. The Morgan fingerprint density at radius 1 is 1.44 bits per heavy atom. The molecule has 0 N–H and O–H groups in total. The van der Waals surface area contributed by atoms with E-state index in [1.54, 1.807) is 12.1 Å². The second-order valence-corrected chi connectivity index (χ2v) is 3.61. The summed E-state index contributed by atoms with van der Waals surface area (Å²) in [5, 5.41) is 1.24. The van der Waals surface area contributed by atoms with Crippen molar-refractivity contribution in [2.45, 2.75) is 6.42 Å². The molecule has 5 heteroatoms. The maximum absolute atomic E-state index is 11.2. The minimum absolute atomic E-state index is 0.0965. The van der Waals surface area contributed by atoms with Crippen molar-refractivity contribution in [1.82, 2.24) is 9.97 Å². The van der Waals surface area contributed by atoms with Crippen LogP contribution in [0.2, 0.25) is 5.02 Å². The van der Waals surface area contributed by atoms with E-state index in [1.165, 1.54) is 13.4 Å². The van der Waals surface area contributed by atoms with Gasteiger partial charge >= 0.3 is 5.97 Å². The van der Waals surface area contributed by atoms with Crippen molar-refractivity contribution in [2.75, 3.05) is 7.11 Å². The predicted molar refractivity (Wildman–Crippen MR) is 60.3 cm³/mol. The van der Waals surface area contributed by atoms with Gasteiger partial charge in [-0.05, 0) is 12.1 Å². The van der Waals surface area contributed by atoms with Gasteiger partial charge in [-0.15, -0.1) is 0 Å². The fraction of sp³-hybridized carbons (Fsp3) is 0.182. The number of halogens is 1. The van der Waals surface area contributed by atoms with E-state index in [0.717, 1.165) is 5.52 Å². The molecule has 0 aliphatic carbocycles. The maximum Gasteiger partial charge on any atom is 0.311 e. The van der Waals surface area contributed by atoms with Crippen LogP contribution in [-0.2, 0) is 16.0 Å². The summed E-state index contributed by atoms with van der Waals surface area (Å²) in [5.74, 6) is -0.347. The number of carbonyl (C=O) groups is 1. The first-order valence-electron chi connectivity index (χ1n) is 4.67. The predicted octanol–water partition coefficient (Wildman–Crippen LogP) is 2.00. The lowest BCUT2D eigenvalue weighted by atomic mass is 10.1. The van der Waals surface area contributed by atoms with Gasteiger partial charge in [0, 0.05) is 5.39 Å². The van der Waals surface area contributed by atoms with Gasteiger partial charge in [-0.2, -0.15) is 0 Å². The van der Waals surface area contributed by atoms with Crippen LogP contribution in [0.25, 0.3) is 10.9 Å². The molecule has 0 bridgehead atoms. The first-order valence-corrected chi connectivity index (χ1v) is 5.05. The summed E-state index contributed by atoms with van der Waals surface area (Å²) in [4.78, 5) is 19.4. The minimum Gasteiger partial charge on any atom is -0.469 e. The quantitative estimate of drug-likeness (QED) is 0.749. The van der Waals surface area contributed by atoms with Crippen molar-refractivity contribution in [1.29, 1.82) is 0 Å². The third-order valence-electron chi connectivity index (χ3n) is 2.23. The van der Waals surface area contributed by atoms with Crippen LogP contribution in [0, 0.1) is 0 Å². The Hall–Kier alpha value is -1.68. The molecule has 0 radical (unpaired) electrons. The lowest BCUT2D eigenvalue weighted by molar-refractivity contribution is -0.139. The number of nitrogens with zero attached hydrogens (tertiary/aromatic N) is 2. The molecular weight excluding hydrogens is 228 g/mol. The fourth-order valence-electron chi connectivity index (χ4n) is 1.47. The number of benzene rings is 1. The van der Waals surface area contributed by atoms with E-state index in [0.29, 0.717) is 16.1 Å². The van der Waals surface area contributed by atoms with Crippen LogP contribution < -0.4 is 0 Å². The summed E-state index contributed by atoms with van der Waals surface area (Å²) < 4.78 is 4.60. The molecule has 0 aliphatic heterocycles. The topological polar surface area (TPSA) is 52.1 Å². The molecule has 0 aliphatic rings. The molecule has 1 heterocycles. The Morgan fingerprint density at radius 3 is 3.00 bits per heavy atom. The Kier molecular flexibility index (Phi) is 3.01. The van der Waals surface area contributed by atoms with Crippen molar-refractivity contribution in [3.63, 3.8) is 0 Å². The van der Waals surface area contributed by atoms with Crippen molar-refractivity contribution in [3.05, 3.63) is 35.2 Å². The van der Waals surface area contributed by atoms with E-state index in [4.69, 9.17) is 11.6 Å². The largest absolute Gasteiger partial charge is 0.469 e. The number of hydrogen-bond donors (Lipinski definition) is 0. The van der Waals surface area contributed by atoms with Gasteiger partial charge in [-0.1, -0.05) is 17.7 Å². The molecule has 0 fully saturated rings. The Bertz CT molecular complexity index is 537. The van der Waals surface area contributed by atoms with Crippen LogP contribution >= 0.6 is 11.6 Å². The second kappa shape index (κ2) is 4.45. The van der Waals surface area contributed by atoms with Gasteiger partial charge in [0.25, 0.3) is 0 Å². The summed E-state index contributed by atoms with van der Waals surface area (Å²) in [6.45, 7) is 0. The minimum atomic E-state index is -0.347. The van der Waals surface area contributed by atoms with E-state index in [2.05, 4.69) is 14.7 Å². The third-order valence-corrected chi connectivity index (χ3v) is 2.55. The first-order chi connectivity index (χ1) is 7.72. The molecule has 0 atom stereocenters. The summed E-state index contributed by atoms with van der Waals surface area (Å²) in [6.07, 6.45) is 1.51. The molecule has 82 valence electrons. The van der Waals surface area contributed by atoms with Crippen LogP contribution in [0.4, 0.5) is 0 Å². The van der Waals surface area contributed by atoms with Crippen molar-refractivity contribution >= 4 is 28.5 Å². The highest BCUT2D eigenvalue weighted by Crippen LogP contribution is 2.24. The van der Waals surface area contributed by atoms with E-state index in [9.17, 15) is 4.79 Å². The van der Waals surface area contributed by atoms with Gasteiger partial charge in [0.05, 0.1) is 29.8 Å². The van der Waals surface area contributed by atoms with E-state index < -0.39 is 0 Å². The number of methoxy groups -OCH3 is 1. The molecule has 0 spiro atoms. The number of ether oxygens (including phenoxy) is 1. The fourth-order valence-corrected chi connectivity index (χ4v) is 1.75. The Labute approximate surface area is 97.2 Å². The summed E-state index contributed by atoms with van der Waals surface area (Å²) >= 11 is 6.06. The second-order valence-electron chi connectivity index (χ2n) is 3.21. The monoisotopic (exact) mass is 236 g/mol. The van der Waals surface area contributed by atoms with E-state index in [-0.39, 0.29) is 12.4 Å². The van der Waals surface area contributed by atoms with Crippen LogP contribution in [0.5, 0.6) is 0 Å². The maximum atomic E-state index is 11.2. The summed E-state index contributed by atoms with van der Waals surface area (Å²) in [5.41, 5.74) is 1.31. The lowest BCUT2D eigenvalue weighted by Crippen LogP contribution is -2.07. The molecule has 2 rings (SSSR count). The number of aromatic nitrogens is 2. The molecule has 0 saturated heterocycles. The molecule has 1 aromatic heterocycles. The highest BCUT2D eigenvalue weighted by molar-refractivity contribution is 6.35. The van der Waals surface area contributed by atoms with Crippen molar-refractivity contribution < 1.29 is 9.53 Å². The number of rotatable bonds is 2. The van der Waals surface area contributed by atoms with Crippen LogP contribution in [0.15, 0.2) is 24.5 Å². The van der Waals surface area contributed by atoms with Crippen LogP contribution in [-0.4, -0.2) is 23.0 Å². The molecule has 16 heavy (non-hydrogen) atoms. The van der Waals surface area contributed by atoms with Gasteiger partial charge in [0.2, 0.25) is 0 Å². The van der Waals surface area contributed by atoms with Gasteiger partial charge < -0.3 is 4.74 Å². The van der Waals surface area contributed by atoms with Crippen LogP contribution in [0.1, 0.15) is 5.69 Å². The number of esters is 1. The molecule has 1 aromatic carbocycles.